The number of carbonyl (C=O) groups excluding carboxylic acids is 1. The summed E-state index contributed by atoms with van der Waals surface area (Å²) in [7, 11) is -3.92. The van der Waals surface area contributed by atoms with Crippen molar-refractivity contribution in [1.82, 2.24) is 29.5 Å². The van der Waals surface area contributed by atoms with E-state index in [4.69, 9.17) is 9.97 Å². The fourth-order valence-electron chi connectivity index (χ4n) is 4.71. The normalized spacial score (nSPS) is 11.8. The monoisotopic (exact) mass is 562 g/mol. The zero-order valence-corrected chi connectivity index (χ0v) is 24.7. The van der Waals surface area contributed by atoms with Gasteiger partial charge in [-0.15, -0.1) is 0 Å². The predicted octanol–water partition coefficient (Wildman–Crippen LogP) is 4.46. The Balaban J connectivity index is 1.45. The topological polar surface area (TPSA) is 109 Å². The van der Waals surface area contributed by atoms with Gasteiger partial charge in [-0.1, -0.05) is 43.7 Å². The molecule has 4 rings (SSSR count). The number of fused-ring (bicyclic) bond motifs is 1. The molecule has 0 aliphatic carbocycles. The zero-order chi connectivity index (χ0) is 28.9. The van der Waals surface area contributed by atoms with Crippen LogP contribution in [0.2, 0.25) is 0 Å². The van der Waals surface area contributed by atoms with Crippen molar-refractivity contribution in [3.8, 4) is 5.69 Å². The lowest BCUT2D eigenvalue weighted by molar-refractivity contribution is 0.246. The highest BCUT2D eigenvalue weighted by Gasteiger charge is 2.18. The average Bonchev–Trinajstić information content (AvgIpc) is 3.28. The standard InChI is InChI=1S/C30H38N6O3S/c1-6-35(7-2)19-17-27-33-28-22(4)20-23(5)32-29(28)36(27)25-12-10-24(11-13-25)16-18-31-30(37)34-40(38,39)26-14-8-21(3)9-15-26/h8-15,20H,6-7,16-19H2,1-5H3,(H2,31,34,37). The Morgan fingerprint density at radius 3 is 2.25 bits per heavy atom. The quantitative estimate of drug-likeness (QED) is 0.279. The highest BCUT2D eigenvalue weighted by molar-refractivity contribution is 7.90. The van der Waals surface area contributed by atoms with E-state index in [0.717, 1.165) is 71.1 Å². The molecule has 0 radical (unpaired) electrons. The third-order valence-electron chi connectivity index (χ3n) is 7.00. The Morgan fingerprint density at radius 2 is 1.60 bits per heavy atom. The van der Waals surface area contributed by atoms with Crippen LogP contribution in [0.25, 0.3) is 16.9 Å². The van der Waals surface area contributed by atoms with E-state index >= 15 is 0 Å². The minimum absolute atomic E-state index is 0.0483. The van der Waals surface area contributed by atoms with Gasteiger partial charge in [0.1, 0.15) is 11.3 Å². The predicted molar refractivity (Wildman–Crippen MR) is 158 cm³/mol. The van der Waals surface area contributed by atoms with Gasteiger partial charge in [0, 0.05) is 30.9 Å². The van der Waals surface area contributed by atoms with Gasteiger partial charge in [0.05, 0.1) is 4.90 Å². The number of likely N-dealkylation sites (N-methyl/N-ethyl adjacent to an activating group) is 1. The summed E-state index contributed by atoms with van der Waals surface area (Å²) < 4.78 is 29.1. The largest absolute Gasteiger partial charge is 0.337 e. The number of carbonyl (C=O) groups is 1. The van der Waals surface area contributed by atoms with Crippen molar-refractivity contribution in [2.24, 2.45) is 0 Å². The summed E-state index contributed by atoms with van der Waals surface area (Å²) >= 11 is 0. The van der Waals surface area contributed by atoms with Crippen LogP contribution < -0.4 is 10.0 Å². The molecule has 0 atom stereocenters. The number of nitrogens with one attached hydrogen (secondary N) is 2. The molecule has 0 saturated heterocycles. The highest BCUT2D eigenvalue weighted by atomic mass is 32.2. The van der Waals surface area contributed by atoms with Crippen molar-refractivity contribution in [3.63, 3.8) is 0 Å². The number of amides is 2. The van der Waals surface area contributed by atoms with Crippen molar-refractivity contribution in [2.75, 3.05) is 26.2 Å². The third kappa shape index (κ3) is 6.86. The van der Waals surface area contributed by atoms with Crippen LogP contribution >= 0.6 is 0 Å². The summed E-state index contributed by atoms with van der Waals surface area (Å²) in [5.41, 5.74) is 6.76. The van der Waals surface area contributed by atoms with E-state index in [0.29, 0.717) is 6.42 Å². The van der Waals surface area contributed by atoms with Crippen molar-refractivity contribution in [1.29, 1.82) is 0 Å². The molecule has 0 spiro atoms. The molecule has 212 valence electrons. The Hall–Kier alpha value is -3.76. The maximum atomic E-state index is 12.4. The number of pyridine rings is 1. The number of imidazole rings is 1. The van der Waals surface area contributed by atoms with Crippen LogP contribution in [0.3, 0.4) is 0 Å². The second-order valence-corrected chi connectivity index (χ2v) is 11.7. The molecule has 4 aromatic rings. The van der Waals surface area contributed by atoms with Crippen LogP contribution in [0.15, 0.2) is 59.5 Å². The Bertz CT molecular complexity index is 1570. The van der Waals surface area contributed by atoms with Crippen LogP contribution in [0.5, 0.6) is 0 Å². The molecule has 0 fully saturated rings. The molecule has 2 aromatic heterocycles. The second kappa shape index (κ2) is 12.6. The van der Waals surface area contributed by atoms with E-state index in [1.54, 1.807) is 12.1 Å². The summed E-state index contributed by atoms with van der Waals surface area (Å²) in [6.07, 6.45) is 1.36. The van der Waals surface area contributed by atoms with Crippen LogP contribution in [0.1, 0.15) is 42.1 Å². The van der Waals surface area contributed by atoms with Crippen LogP contribution in [0.4, 0.5) is 4.79 Å². The molecule has 0 unspecified atom stereocenters. The van der Waals surface area contributed by atoms with Crippen molar-refractivity contribution < 1.29 is 13.2 Å². The fraction of sp³-hybridized carbons (Fsp3) is 0.367. The minimum atomic E-state index is -3.92. The Kier molecular flexibility index (Phi) is 9.21. The molecule has 0 bridgehead atoms. The molecule has 9 nitrogen and oxygen atoms in total. The van der Waals surface area contributed by atoms with E-state index in [2.05, 4.69) is 46.3 Å². The highest BCUT2D eigenvalue weighted by Crippen LogP contribution is 2.24. The van der Waals surface area contributed by atoms with Gasteiger partial charge < -0.3 is 10.2 Å². The summed E-state index contributed by atoms with van der Waals surface area (Å²) in [4.78, 5) is 24.5. The first-order chi connectivity index (χ1) is 19.1. The lowest BCUT2D eigenvalue weighted by atomic mass is 10.1. The van der Waals surface area contributed by atoms with Gasteiger partial charge in [0.15, 0.2) is 5.65 Å². The van der Waals surface area contributed by atoms with Gasteiger partial charge in [-0.25, -0.2) is 27.9 Å². The average molecular weight is 563 g/mol. The number of rotatable bonds is 11. The van der Waals surface area contributed by atoms with E-state index in [-0.39, 0.29) is 11.4 Å². The number of aromatic nitrogens is 3. The van der Waals surface area contributed by atoms with Crippen molar-refractivity contribution >= 4 is 27.2 Å². The smallest absolute Gasteiger partial charge is 0.328 e. The van der Waals surface area contributed by atoms with Gasteiger partial charge in [0.2, 0.25) is 0 Å². The second-order valence-electron chi connectivity index (χ2n) is 9.98. The maximum absolute atomic E-state index is 12.4. The van der Waals surface area contributed by atoms with Crippen LogP contribution in [-0.2, 0) is 22.9 Å². The van der Waals surface area contributed by atoms with Gasteiger partial charge in [-0.05, 0) is 81.7 Å². The first-order valence-electron chi connectivity index (χ1n) is 13.7. The molecule has 0 aliphatic heterocycles. The van der Waals surface area contributed by atoms with E-state index in [1.165, 1.54) is 12.1 Å². The Morgan fingerprint density at radius 1 is 0.925 bits per heavy atom. The first kappa shape index (κ1) is 29.2. The van der Waals surface area contributed by atoms with Crippen molar-refractivity contribution in [3.05, 3.63) is 82.8 Å². The number of hydrogen-bond donors (Lipinski definition) is 2. The van der Waals surface area contributed by atoms with Gasteiger partial charge in [-0.2, -0.15) is 0 Å². The molecule has 2 heterocycles. The maximum Gasteiger partial charge on any atom is 0.328 e. The minimum Gasteiger partial charge on any atom is -0.337 e. The summed E-state index contributed by atoms with van der Waals surface area (Å²) in [5, 5.41) is 2.64. The molecule has 40 heavy (non-hydrogen) atoms. The lowest BCUT2D eigenvalue weighted by Gasteiger charge is -2.18. The summed E-state index contributed by atoms with van der Waals surface area (Å²) in [5.74, 6) is 0.976. The fourth-order valence-corrected chi connectivity index (χ4v) is 5.64. The zero-order valence-electron chi connectivity index (χ0n) is 23.9. The van der Waals surface area contributed by atoms with E-state index in [1.807, 2.05) is 38.1 Å². The number of aryl methyl sites for hydroxylation is 3. The number of benzene rings is 2. The molecule has 10 heteroatoms. The number of nitrogens with zero attached hydrogens (tertiary/aromatic N) is 4. The lowest BCUT2D eigenvalue weighted by Crippen LogP contribution is -2.40. The number of hydrogen-bond acceptors (Lipinski definition) is 6. The van der Waals surface area contributed by atoms with Gasteiger partial charge in [-0.3, -0.25) is 4.57 Å². The van der Waals surface area contributed by atoms with Crippen LogP contribution in [0, 0.1) is 20.8 Å². The van der Waals surface area contributed by atoms with E-state index < -0.39 is 16.1 Å². The summed E-state index contributed by atoms with van der Waals surface area (Å²) in [6.45, 7) is 13.5. The third-order valence-corrected chi connectivity index (χ3v) is 8.35. The van der Waals surface area contributed by atoms with Gasteiger partial charge >= 0.3 is 6.03 Å². The molecular weight excluding hydrogens is 524 g/mol. The number of urea groups is 1. The van der Waals surface area contributed by atoms with E-state index in [9.17, 15) is 13.2 Å². The van der Waals surface area contributed by atoms with Crippen molar-refractivity contribution in [2.45, 2.75) is 52.4 Å². The first-order valence-corrected chi connectivity index (χ1v) is 15.1. The molecular formula is C30H38N6O3S. The molecule has 0 aliphatic rings. The molecule has 2 aromatic carbocycles. The molecule has 2 amide bonds. The van der Waals surface area contributed by atoms with Crippen LogP contribution in [-0.4, -0.2) is 60.1 Å². The number of sulfonamides is 1. The summed E-state index contributed by atoms with van der Waals surface area (Å²) in [6, 6.07) is 15.7. The molecule has 0 saturated carbocycles. The Labute approximate surface area is 236 Å². The molecule has 2 N–H and O–H groups in total. The SMILES string of the molecule is CCN(CC)CCc1nc2c(C)cc(C)nc2n1-c1ccc(CCNC(=O)NS(=O)(=O)c2ccc(C)cc2)cc1. The van der Waals surface area contributed by atoms with Gasteiger partial charge in [0.25, 0.3) is 10.0 Å².